The third-order valence-electron chi connectivity index (χ3n) is 5.39. The van der Waals surface area contributed by atoms with Crippen LogP contribution < -0.4 is 9.64 Å². The van der Waals surface area contributed by atoms with E-state index in [1.807, 2.05) is 24.3 Å². The number of aliphatic hydroxyl groups excluding tert-OH is 1. The van der Waals surface area contributed by atoms with E-state index in [0.29, 0.717) is 13.2 Å². The summed E-state index contributed by atoms with van der Waals surface area (Å²) in [5, 5.41) is 11.3. The predicted octanol–water partition coefficient (Wildman–Crippen LogP) is 4.51. The average molecular weight is 417 g/mol. The Kier molecular flexibility index (Phi) is 7.10. The van der Waals surface area contributed by atoms with Gasteiger partial charge in [-0.15, -0.1) is 0 Å². The van der Waals surface area contributed by atoms with E-state index in [1.54, 1.807) is 0 Å². The second-order valence-corrected chi connectivity index (χ2v) is 9.42. The molecule has 0 radical (unpaired) electrons. The number of hydrogen-bond donors (Lipinski definition) is 1. The SMILES string of the molecule is Cc1ccc(OCC(O)CN2CCN(c3cccc(Cl)c3)CC2)c(C(C)(C)C)c1. The molecule has 0 saturated carbocycles. The Morgan fingerprint density at radius 1 is 1.07 bits per heavy atom. The number of anilines is 1. The second kappa shape index (κ2) is 9.38. The third kappa shape index (κ3) is 6.11. The molecule has 1 N–H and O–H groups in total. The molecule has 2 aromatic rings. The molecule has 0 spiro atoms. The fraction of sp³-hybridized carbons (Fsp3) is 0.500. The van der Waals surface area contributed by atoms with Gasteiger partial charge in [-0.1, -0.05) is 56.1 Å². The molecule has 3 rings (SSSR count). The number of aliphatic hydroxyl groups is 1. The minimum absolute atomic E-state index is 0.00295. The number of benzene rings is 2. The number of piperazine rings is 1. The van der Waals surface area contributed by atoms with Gasteiger partial charge in [0.25, 0.3) is 0 Å². The van der Waals surface area contributed by atoms with Gasteiger partial charge >= 0.3 is 0 Å². The summed E-state index contributed by atoms with van der Waals surface area (Å²) < 4.78 is 6.02. The van der Waals surface area contributed by atoms with Crippen molar-refractivity contribution in [3.05, 3.63) is 58.6 Å². The van der Waals surface area contributed by atoms with E-state index in [9.17, 15) is 5.11 Å². The standard InChI is InChI=1S/C24H33ClN2O2/c1-18-8-9-23(22(14-18)24(2,3)4)29-17-21(28)16-26-10-12-27(13-11-26)20-7-5-6-19(25)15-20/h5-9,14-15,21,28H,10-13,16-17H2,1-4H3. The predicted molar refractivity (Wildman–Crippen MR) is 121 cm³/mol. The second-order valence-electron chi connectivity index (χ2n) is 8.98. The molecule has 0 aliphatic carbocycles. The molecule has 1 aliphatic rings. The zero-order chi connectivity index (χ0) is 21.0. The highest BCUT2D eigenvalue weighted by atomic mass is 35.5. The zero-order valence-corrected chi connectivity index (χ0v) is 18.7. The first-order valence-corrected chi connectivity index (χ1v) is 10.7. The number of aryl methyl sites for hydroxylation is 1. The van der Waals surface area contributed by atoms with E-state index in [1.165, 1.54) is 11.1 Å². The highest BCUT2D eigenvalue weighted by Gasteiger charge is 2.22. The number of β-amino-alcohol motifs (C(OH)–C–C–N with tert-alkyl or cyclic N) is 1. The van der Waals surface area contributed by atoms with Crippen LogP contribution in [0.5, 0.6) is 5.75 Å². The fourth-order valence-electron chi connectivity index (χ4n) is 3.75. The molecule has 4 nitrogen and oxygen atoms in total. The first-order chi connectivity index (χ1) is 13.7. The Bertz CT molecular complexity index is 811. The lowest BCUT2D eigenvalue weighted by Gasteiger charge is -2.37. The zero-order valence-electron chi connectivity index (χ0n) is 18.0. The summed E-state index contributed by atoms with van der Waals surface area (Å²) in [6, 6.07) is 14.3. The molecule has 1 saturated heterocycles. The van der Waals surface area contributed by atoms with E-state index in [-0.39, 0.29) is 5.41 Å². The first-order valence-electron chi connectivity index (χ1n) is 10.4. The van der Waals surface area contributed by atoms with Crippen molar-refractivity contribution in [2.24, 2.45) is 0 Å². The van der Waals surface area contributed by atoms with Crippen LogP contribution in [-0.2, 0) is 5.41 Å². The normalized spacial score (nSPS) is 16.7. The number of rotatable bonds is 6. The molecule has 1 unspecified atom stereocenters. The Labute approximate surface area is 180 Å². The van der Waals surface area contributed by atoms with Gasteiger partial charge < -0.3 is 14.7 Å². The number of hydrogen-bond acceptors (Lipinski definition) is 4. The maximum atomic E-state index is 10.5. The maximum absolute atomic E-state index is 10.5. The van der Waals surface area contributed by atoms with E-state index < -0.39 is 6.10 Å². The van der Waals surface area contributed by atoms with Crippen LogP contribution in [0.3, 0.4) is 0 Å². The third-order valence-corrected chi connectivity index (χ3v) is 5.62. The van der Waals surface area contributed by atoms with E-state index in [4.69, 9.17) is 16.3 Å². The largest absolute Gasteiger partial charge is 0.491 e. The molecule has 1 atom stereocenters. The number of nitrogens with zero attached hydrogens (tertiary/aromatic N) is 2. The summed E-state index contributed by atoms with van der Waals surface area (Å²) in [6.45, 7) is 13.3. The van der Waals surface area contributed by atoms with Crippen LogP contribution in [0.1, 0.15) is 31.9 Å². The monoisotopic (exact) mass is 416 g/mol. The number of ether oxygens (including phenoxy) is 1. The Balaban J connectivity index is 1.49. The van der Waals surface area contributed by atoms with Crippen molar-refractivity contribution in [2.45, 2.75) is 39.2 Å². The molecule has 2 aromatic carbocycles. The van der Waals surface area contributed by atoms with Crippen LogP contribution in [0, 0.1) is 6.92 Å². The maximum Gasteiger partial charge on any atom is 0.123 e. The molecule has 5 heteroatoms. The topological polar surface area (TPSA) is 35.9 Å². The van der Waals surface area contributed by atoms with Gasteiger partial charge in [-0.3, -0.25) is 4.90 Å². The molecule has 0 aromatic heterocycles. The van der Waals surface area contributed by atoms with Crippen LogP contribution in [0.15, 0.2) is 42.5 Å². The van der Waals surface area contributed by atoms with Gasteiger partial charge in [-0.25, -0.2) is 0 Å². The van der Waals surface area contributed by atoms with Crippen molar-refractivity contribution in [1.82, 2.24) is 4.90 Å². The van der Waals surface area contributed by atoms with Crippen LogP contribution >= 0.6 is 11.6 Å². The molecule has 158 valence electrons. The summed E-state index contributed by atoms with van der Waals surface area (Å²) in [4.78, 5) is 4.64. The van der Waals surface area contributed by atoms with E-state index in [0.717, 1.165) is 42.6 Å². The summed E-state index contributed by atoms with van der Waals surface area (Å²) in [5.74, 6) is 0.868. The van der Waals surface area contributed by atoms with Crippen molar-refractivity contribution in [2.75, 3.05) is 44.2 Å². The van der Waals surface area contributed by atoms with Gasteiger partial charge in [0.15, 0.2) is 0 Å². The lowest BCUT2D eigenvalue weighted by atomic mass is 9.85. The van der Waals surface area contributed by atoms with Gasteiger partial charge in [0.05, 0.1) is 0 Å². The van der Waals surface area contributed by atoms with Crippen molar-refractivity contribution < 1.29 is 9.84 Å². The van der Waals surface area contributed by atoms with Crippen molar-refractivity contribution in [3.8, 4) is 5.75 Å². The highest BCUT2D eigenvalue weighted by Crippen LogP contribution is 2.32. The number of halogens is 1. The van der Waals surface area contributed by atoms with Crippen LogP contribution in [0.25, 0.3) is 0 Å². The lowest BCUT2D eigenvalue weighted by molar-refractivity contribution is 0.0656. The summed E-state index contributed by atoms with van der Waals surface area (Å²) in [7, 11) is 0. The molecule has 1 aliphatic heterocycles. The van der Waals surface area contributed by atoms with Crippen molar-refractivity contribution in [1.29, 1.82) is 0 Å². The van der Waals surface area contributed by atoms with Gasteiger partial charge in [0, 0.05) is 43.4 Å². The van der Waals surface area contributed by atoms with Gasteiger partial charge in [0.1, 0.15) is 18.5 Å². The van der Waals surface area contributed by atoms with Crippen molar-refractivity contribution >= 4 is 17.3 Å². The molecule has 0 bridgehead atoms. The molecule has 29 heavy (non-hydrogen) atoms. The highest BCUT2D eigenvalue weighted by molar-refractivity contribution is 6.30. The minimum atomic E-state index is -0.512. The summed E-state index contributed by atoms with van der Waals surface area (Å²) in [5.41, 5.74) is 3.57. The molecular weight excluding hydrogens is 384 g/mol. The minimum Gasteiger partial charge on any atom is -0.491 e. The van der Waals surface area contributed by atoms with Crippen LogP contribution in [-0.4, -0.2) is 55.4 Å². The van der Waals surface area contributed by atoms with E-state index >= 15 is 0 Å². The summed E-state index contributed by atoms with van der Waals surface area (Å²) in [6.07, 6.45) is -0.512. The Morgan fingerprint density at radius 2 is 1.79 bits per heavy atom. The van der Waals surface area contributed by atoms with E-state index in [2.05, 4.69) is 55.7 Å². The van der Waals surface area contributed by atoms with Gasteiger partial charge in [-0.05, 0) is 42.2 Å². The molecule has 0 amide bonds. The smallest absolute Gasteiger partial charge is 0.123 e. The molecule has 1 fully saturated rings. The summed E-state index contributed by atoms with van der Waals surface area (Å²) >= 11 is 6.11. The first kappa shape index (κ1) is 21.9. The fourth-order valence-corrected chi connectivity index (χ4v) is 3.94. The Morgan fingerprint density at radius 3 is 2.45 bits per heavy atom. The quantitative estimate of drug-likeness (QED) is 0.751. The van der Waals surface area contributed by atoms with Gasteiger partial charge in [0.2, 0.25) is 0 Å². The average Bonchev–Trinajstić information content (AvgIpc) is 2.67. The van der Waals surface area contributed by atoms with Crippen LogP contribution in [0.4, 0.5) is 5.69 Å². The lowest BCUT2D eigenvalue weighted by Crippen LogP contribution is -2.49. The van der Waals surface area contributed by atoms with Crippen LogP contribution in [0.2, 0.25) is 5.02 Å². The Hall–Kier alpha value is -1.75. The molecule has 1 heterocycles. The van der Waals surface area contributed by atoms with Gasteiger partial charge in [-0.2, -0.15) is 0 Å². The molecular formula is C24H33ClN2O2. The van der Waals surface area contributed by atoms with Crippen molar-refractivity contribution in [3.63, 3.8) is 0 Å².